The molecule has 0 heterocycles. The van der Waals surface area contributed by atoms with E-state index in [1.807, 2.05) is 12.2 Å². The lowest BCUT2D eigenvalue weighted by atomic mass is 9.72. The van der Waals surface area contributed by atoms with Crippen LogP contribution in [0.3, 0.4) is 0 Å². The first kappa shape index (κ1) is 18.2. The van der Waals surface area contributed by atoms with Crippen LogP contribution in [0.25, 0.3) is 0 Å². The summed E-state index contributed by atoms with van der Waals surface area (Å²) in [6.45, 7) is 9.01. The van der Waals surface area contributed by atoms with Crippen molar-refractivity contribution < 1.29 is 9.90 Å². The number of aliphatic carboxylic acids is 1. The lowest BCUT2D eigenvalue weighted by molar-refractivity contribution is -0.131. The predicted molar refractivity (Wildman–Crippen MR) is 93.8 cm³/mol. The van der Waals surface area contributed by atoms with E-state index in [4.69, 9.17) is 5.11 Å². The van der Waals surface area contributed by atoms with Crippen molar-refractivity contribution in [2.75, 3.05) is 0 Å². The number of hydrogen-bond acceptors (Lipinski definition) is 1. The molecule has 0 saturated carbocycles. The van der Waals surface area contributed by atoms with Crippen LogP contribution in [-0.2, 0) is 4.79 Å². The summed E-state index contributed by atoms with van der Waals surface area (Å²) in [7, 11) is 0. The lowest BCUT2D eigenvalue weighted by Crippen LogP contribution is -2.19. The second kappa shape index (κ2) is 8.57. The largest absolute Gasteiger partial charge is 0.478 e. The highest BCUT2D eigenvalue weighted by Crippen LogP contribution is 2.40. The van der Waals surface area contributed by atoms with Crippen LogP contribution in [0.15, 0.2) is 59.3 Å². The van der Waals surface area contributed by atoms with Gasteiger partial charge < -0.3 is 5.11 Å². The third kappa shape index (κ3) is 5.88. The molecule has 0 aromatic rings. The van der Waals surface area contributed by atoms with E-state index in [0.29, 0.717) is 0 Å². The summed E-state index contributed by atoms with van der Waals surface area (Å²) in [6, 6.07) is 0. The van der Waals surface area contributed by atoms with Gasteiger partial charge in [-0.25, -0.2) is 4.79 Å². The monoisotopic (exact) mass is 300 g/mol. The van der Waals surface area contributed by atoms with E-state index in [1.54, 1.807) is 6.08 Å². The Balaban J connectivity index is 2.83. The smallest absolute Gasteiger partial charge is 0.328 e. The van der Waals surface area contributed by atoms with Crippen molar-refractivity contribution in [3.8, 4) is 0 Å². The third-order valence-electron chi connectivity index (χ3n) is 4.19. The number of carbonyl (C=O) groups is 1. The molecule has 1 aliphatic carbocycles. The molecule has 0 fully saturated rings. The molecule has 0 atom stereocenters. The van der Waals surface area contributed by atoms with Crippen molar-refractivity contribution in [2.45, 2.75) is 53.4 Å². The Hall–Kier alpha value is -1.83. The minimum atomic E-state index is -0.925. The number of carboxylic acids is 1. The van der Waals surface area contributed by atoms with E-state index < -0.39 is 5.97 Å². The van der Waals surface area contributed by atoms with Crippen LogP contribution in [0.5, 0.6) is 0 Å². The van der Waals surface area contributed by atoms with E-state index in [0.717, 1.165) is 12.5 Å². The van der Waals surface area contributed by atoms with Crippen molar-refractivity contribution >= 4 is 5.97 Å². The summed E-state index contributed by atoms with van der Waals surface area (Å²) in [5.41, 5.74) is 4.47. The highest BCUT2D eigenvalue weighted by atomic mass is 16.4. The Morgan fingerprint density at radius 1 is 1.23 bits per heavy atom. The predicted octanol–water partition coefficient (Wildman–Crippen LogP) is 5.60. The van der Waals surface area contributed by atoms with E-state index in [1.165, 1.54) is 42.1 Å². The molecule has 1 N–H and O–H groups in total. The van der Waals surface area contributed by atoms with Crippen molar-refractivity contribution in [3.63, 3.8) is 0 Å². The molecule has 2 heteroatoms. The maximum atomic E-state index is 10.4. The number of carboxylic acid groups (broad SMARTS) is 1. The first-order valence-corrected chi connectivity index (χ1v) is 8.02. The van der Waals surface area contributed by atoms with E-state index in [2.05, 4.69) is 39.8 Å². The van der Waals surface area contributed by atoms with Gasteiger partial charge in [0.1, 0.15) is 0 Å². The molecule has 0 aliphatic heterocycles. The van der Waals surface area contributed by atoms with Gasteiger partial charge in [0, 0.05) is 6.08 Å². The molecule has 0 saturated heterocycles. The maximum absolute atomic E-state index is 10.4. The van der Waals surface area contributed by atoms with Crippen LogP contribution in [0.2, 0.25) is 0 Å². The summed E-state index contributed by atoms with van der Waals surface area (Å²) in [5, 5.41) is 8.52. The number of allylic oxidation sites excluding steroid dienone is 9. The van der Waals surface area contributed by atoms with Gasteiger partial charge in [-0.1, -0.05) is 62.8 Å². The van der Waals surface area contributed by atoms with Gasteiger partial charge >= 0.3 is 5.97 Å². The molecule has 1 aliphatic rings. The van der Waals surface area contributed by atoms with Crippen LogP contribution < -0.4 is 0 Å². The fourth-order valence-electron chi connectivity index (χ4n) is 2.87. The van der Waals surface area contributed by atoms with Crippen molar-refractivity contribution in [2.24, 2.45) is 5.41 Å². The van der Waals surface area contributed by atoms with E-state index in [-0.39, 0.29) is 5.41 Å². The molecular formula is C20H28O2. The Bertz CT molecular complexity index is 540. The summed E-state index contributed by atoms with van der Waals surface area (Å²) in [6.07, 6.45) is 17.5. The Labute approximate surface area is 134 Å². The number of hydrogen-bond donors (Lipinski definition) is 1. The zero-order valence-electron chi connectivity index (χ0n) is 14.2. The molecule has 0 radical (unpaired) electrons. The average Bonchev–Trinajstić information content (AvgIpc) is 2.43. The molecule has 0 bridgehead atoms. The van der Waals surface area contributed by atoms with Gasteiger partial charge in [0.05, 0.1) is 0 Å². The molecule has 0 unspecified atom stereocenters. The Morgan fingerprint density at radius 2 is 1.95 bits per heavy atom. The molecule has 1 rings (SSSR count). The van der Waals surface area contributed by atoms with Gasteiger partial charge in [-0.05, 0) is 49.2 Å². The Kier molecular flexibility index (Phi) is 7.10. The minimum absolute atomic E-state index is 0.262. The minimum Gasteiger partial charge on any atom is -0.478 e. The molecule has 0 aromatic carbocycles. The van der Waals surface area contributed by atoms with Crippen LogP contribution in [0, 0.1) is 5.41 Å². The first-order valence-electron chi connectivity index (χ1n) is 8.02. The number of rotatable bonds is 6. The van der Waals surface area contributed by atoms with Gasteiger partial charge in [-0.15, -0.1) is 0 Å². The second-order valence-corrected chi connectivity index (χ2v) is 6.44. The molecule has 120 valence electrons. The van der Waals surface area contributed by atoms with Crippen LogP contribution in [0.4, 0.5) is 0 Å². The second-order valence-electron chi connectivity index (χ2n) is 6.44. The van der Waals surface area contributed by atoms with Crippen molar-refractivity contribution in [1.82, 2.24) is 0 Å². The van der Waals surface area contributed by atoms with Gasteiger partial charge in [-0.2, -0.15) is 0 Å². The average molecular weight is 300 g/mol. The summed E-state index contributed by atoms with van der Waals surface area (Å²) >= 11 is 0. The normalized spacial score (nSPS) is 19.7. The fraction of sp³-hybridized carbons (Fsp3) is 0.450. The molecular weight excluding hydrogens is 272 g/mol. The SMILES string of the molecule is CCC(/C=C/C1=C(C)CCCC1(C)C)=C\C=C\C=C\C(=O)O. The van der Waals surface area contributed by atoms with Crippen LogP contribution >= 0.6 is 0 Å². The van der Waals surface area contributed by atoms with Crippen LogP contribution in [-0.4, -0.2) is 11.1 Å². The standard InChI is InChI=1S/C20H28O2/c1-5-17(11-7-6-8-12-19(21)22)13-14-18-16(2)10-9-15-20(18,3)4/h6-8,11-14H,5,9-10,15H2,1-4H3,(H,21,22)/b7-6+,12-8+,14-13+,17-11+. The molecule has 0 spiro atoms. The Morgan fingerprint density at radius 3 is 2.55 bits per heavy atom. The summed E-state index contributed by atoms with van der Waals surface area (Å²) < 4.78 is 0. The quantitative estimate of drug-likeness (QED) is 0.512. The highest BCUT2D eigenvalue weighted by Gasteiger charge is 2.26. The van der Waals surface area contributed by atoms with E-state index in [9.17, 15) is 4.79 Å². The lowest BCUT2D eigenvalue weighted by Gasteiger charge is -2.33. The molecule has 0 amide bonds. The van der Waals surface area contributed by atoms with Gasteiger partial charge in [-0.3, -0.25) is 0 Å². The van der Waals surface area contributed by atoms with Gasteiger partial charge in [0.25, 0.3) is 0 Å². The zero-order valence-corrected chi connectivity index (χ0v) is 14.2. The summed E-state index contributed by atoms with van der Waals surface area (Å²) in [4.78, 5) is 10.4. The zero-order chi connectivity index (χ0) is 16.6. The molecule has 22 heavy (non-hydrogen) atoms. The van der Waals surface area contributed by atoms with Gasteiger partial charge in [0.15, 0.2) is 0 Å². The van der Waals surface area contributed by atoms with Crippen molar-refractivity contribution in [3.05, 3.63) is 59.3 Å². The third-order valence-corrected chi connectivity index (χ3v) is 4.19. The maximum Gasteiger partial charge on any atom is 0.328 e. The van der Waals surface area contributed by atoms with Crippen LogP contribution in [0.1, 0.15) is 53.4 Å². The summed E-state index contributed by atoms with van der Waals surface area (Å²) in [5.74, 6) is -0.925. The molecule has 2 nitrogen and oxygen atoms in total. The highest BCUT2D eigenvalue weighted by molar-refractivity contribution is 5.80. The van der Waals surface area contributed by atoms with Gasteiger partial charge in [0.2, 0.25) is 0 Å². The van der Waals surface area contributed by atoms with E-state index >= 15 is 0 Å². The molecule has 0 aromatic heterocycles. The topological polar surface area (TPSA) is 37.3 Å². The fourth-order valence-corrected chi connectivity index (χ4v) is 2.87. The first-order chi connectivity index (χ1) is 10.4. The van der Waals surface area contributed by atoms with Crippen molar-refractivity contribution in [1.29, 1.82) is 0 Å².